The number of benzene rings is 1. The van der Waals surface area contributed by atoms with Crippen LogP contribution in [0.25, 0.3) is 0 Å². The van der Waals surface area contributed by atoms with Crippen LogP contribution in [0.1, 0.15) is 16.0 Å². The molecule has 0 aliphatic carbocycles. The lowest BCUT2D eigenvalue weighted by Gasteiger charge is -2.17. The first-order chi connectivity index (χ1) is 9.66. The van der Waals surface area contributed by atoms with Gasteiger partial charge in [0.05, 0.1) is 0 Å². The number of likely N-dealkylation sites (N-methyl/N-ethyl adjacent to an activating group) is 1. The molecule has 2 rings (SSSR count). The quantitative estimate of drug-likeness (QED) is 0.787. The van der Waals surface area contributed by atoms with Crippen LogP contribution < -0.4 is 5.32 Å². The lowest BCUT2D eigenvalue weighted by molar-refractivity contribution is 0.319. The maximum atomic E-state index is 13.5. The average molecular weight is 292 g/mol. The molecular weight excluding hydrogens is 271 g/mol. The minimum absolute atomic E-state index is 0.124. The van der Waals surface area contributed by atoms with Crippen LogP contribution in [0.2, 0.25) is 0 Å². The molecule has 4 heteroatoms. The Balaban J connectivity index is 1.69. The highest BCUT2D eigenvalue weighted by atomic mass is 32.1. The Kier molecular flexibility index (Phi) is 5.71. The topological polar surface area (TPSA) is 15.3 Å². The third-order valence-electron chi connectivity index (χ3n) is 3.32. The van der Waals surface area contributed by atoms with Gasteiger partial charge in [-0.05, 0) is 37.0 Å². The van der Waals surface area contributed by atoms with E-state index in [1.807, 2.05) is 19.2 Å². The molecule has 0 atom stereocenters. The molecule has 0 fully saturated rings. The second kappa shape index (κ2) is 7.53. The summed E-state index contributed by atoms with van der Waals surface area (Å²) in [4.78, 5) is 3.52. The van der Waals surface area contributed by atoms with Crippen molar-refractivity contribution < 1.29 is 4.39 Å². The summed E-state index contributed by atoms with van der Waals surface area (Å²) in [6, 6.07) is 9.11. The molecule has 1 aromatic carbocycles. The number of nitrogens with one attached hydrogen (secondary N) is 1. The van der Waals surface area contributed by atoms with Gasteiger partial charge >= 0.3 is 0 Å². The summed E-state index contributed by atoms with van der Waals surface area (Å²) in [6.45, 7) is 5.50. The number of halogens is 1. The molecule has 0 spiro atoms. The summed E-state index contributed by atoms with van der Waals surface area (Å²) in [5.74, 6) is -0.124. The molecule has 2 aromatic rings. The predicted molar refractivity (Wildman–Crippen MR) is 83.5 cm³/mol. The second-order valence-corrected chi connectivity index (χ2v) is 6.03. The summed E-state index contributed by atoms with van der Waals surface area (Å²) in [5.41, 5.74) is 2.10. The molecule has 20 heavy (non-hydrogen) atoms. The fourth-order valence-electron chi connectivity index (χ4n) is 2.05. The minimum atomic E-state index is -0.124. The predicted octanol–water partition coefficient (Wildman–Crippen LogP) is 3.42. The molecule has 2 nitrogen and oxygen atoms in total. The molecule has 0 saturated heterocycles. The van der Waals surface area contributed by atoms with Gasteiger partial charge in [-0.1, -0.05) is 18.2 Å². The van der Waals surface area contributed by atoms with Crippen LogP contribution in [0.4, 0.5) is 4.39 Å². The van der Waals surface area contributed by atoms with Crippen molar-refractivity contribution in [1.29, 1.82) is 0 Å². The van der Waals surface area contributed by atoms with Crippen LogP contribution in [-0.4, -0.2) is 25.0 Å². The molecule has 1 N–H and O–H groups in total. The van der Waals surface area contributed by atoms with E-state index >= 15 is 0 Å². The van der Waals surface area contributed by atoms with E-state index in [0.29, 0.717) is 6.54 Å². The van der Waals surface area contributed by atoms with Crippen molar-refractivity contribution in [3.05, 3.63) is 57.5 Å². The van der Waals surface area contributed by atoms with E-state index < -0.39 is 0 Å². The zero-order valence-electron chi connectivity index (χ0n) is 12.0. The van der Waals surface area contributed by atoms with Crippen molar-refractivity contribution in [2.75, 3.05) is 20.1 Å². The first kappa shape index (κ1) is 15.2. The van der Waals surface area contributed by atoms with E-state index in [2.05, 4.69) is 28.6 Å². The van der Waals surface area contributed by atoms with Crippen molar-refractivity contribution in [2.45, 2.75) is 20.0 Å². The highest BCUT2D eigenvalue weighted by molar-refractivity contribution is 7.10. The Bertz CT molecular complexity index is 539. The number of hydrogen-bond donors (Lipinski definition) is 1. The Hall–Kier alpha value is -1.23. The van der Waals surface area contributed by atoms with Crippen LogP contribution in [0.15, 0.2) is 35.7 Å². The number of aryl methyl sites for hydroxylation is 1. The standard InChI is InChI=1S/C16H21FN2S/c1-13-7-10-20-16(13)11-18-8-9-19(2)12-14-5-3-4-6-15(14)17/h3-7,10,18H,8-9,11-12H2,1-2H3. The number of hydrogen-bond acceptors (Lipinski definition) is 3. The van der Waals surface area contributed by atoms with Gasteiger partial charge in [0.2, 0.25) is 0 Å². The van der Waals surface area contributed by atoms with E-state index in [9.17, 15) is 4.39 Å². The largest absolute Gasteiger partial charge is 0.311 e. The number of nitrogens with zero attached hydrogens (tertiary/aromatic N) is 1. The van der Waals surface area contributed by atoms with Crippen LogP contribution in [0.5, 0.6) is 0 Å². The third-order valence-corrected chi connectivity index (χ3v) is 4.35. The fourth-order valence-corrected chi connectivity index (χ4v) is 2.93. The molecule has 0 radical (unpaired) electrons. The van der Waals surface area contributed by atoms with Gasteiger partial charge in [-0.25, -0.2) is 4.39 Å². The van der Waals surface area contributed by atoms with Gasteiger partial charge in [0.25, 0.3) is 0 Å². The van der Waals surface area contributed by atoms with E-state index in [1.54, 1.807) is 17.4 Å². The summed E-state index contributed by atoms with van der Waals surface area (Å²) in [6.07, 6.45) is 0. The van der Waals surface area contributed by atoms with Gasteiger partial charge in [-0.2, -0.15) is 0 Å². The van der Waals surface area contributed by atoms with Crippen molar-refractivity contribution in [1.82, 2.24) is 10.2 Å². The van der Waals surface area contributed by atoms with Gasteiger partial charge in [0, 0.05) is 36.6 Å². The van der Waals surface area contributed by atoms with Gasteiger partial charge in [-0.3, -0.25) is 0 Å². The normalized spacial score (nSPS) is 11.2. The van der Waals surface area contributed by atoms with Gasteiger partial charge in [0.15, 0.2) is 0 Å². The first-order valence-corrected chi connectivity index (χ1v) is 7.70. The average Bonchev–Trinajstić information content (AvgIpc) is 2.83. The zero-order chi connectivity index (χ0) is 14.4. The Labute approximate surface area is 124 Å². The zero-order valence-corrected chi connectivity index (χ0v) is 12.8. The molecular formula is C16H21FN2S. The Morgan fingerprint density at radius 3 is 2.75 bits per heavy atom. The number of thiophene rings is 1. The molecule has 0 unspecified atom stereocenters. The van der Waals surface area contributed by atoms with Gasteiger partial charge in [0.1, 0.15) is 5.82 Å². The van der Waals surface area contributed by atoms with Gasteiger partial charge < -0.3 is 10.2 Å². The molecule has 0 aliphatic heterocycles. The Morgan fingerprint density at radius 1 is 1.25 bits per heavy atom. The molecule has 1 aromatic heterocycles. The van der Waals surface area contributed by atoms with Crippen molar-refractivity contribution in [2.24, 2.45) is 0 Å². The van der Waals surface area contributed by atoms with E-state index in [-0.39, 0.29) is 5.82 Å². The molecule has 0 aliphatic rings. The maximum Gasteiger partial charge on any atom is 0.127 e. The Morgan fingerprint density at radius 2 is 2.05 bits per heavy atom. The van der Waals surface area contributed by atoms with E-state index in [0.717, 1.165) is 25.2 Å². The highest BCUT2D eigenvalue weighted by Crippen LogP contribution is 2.14. The van der Waals surface area contributed by atoms with Crippen molar-refractivity contribution in [3.63, 3.8) is 0 Å². The van der Waals surface area contributed by atoms with Crippen LogP contribution in [-0.2, 0) is 13.1 Å². The summed E-state index contributed by atoms with van der Waals surface area (Å²) in [5, 5.41) is 5.56. The lowest BCUT2D eigenvalue weighted by Crippen LogP contribution is -2.28. The fraction of sp³-hybridized carbons (Fsp3) is 0.375. The smallest absolute Gasteiger partial charge is 0.127 e. The SMILES string of the molecule is Cc1ccsc1CNCCN(C)Cc1ccccc1F. The second-order valence-electron chi connectivity index (χ2n) is 5.03. The van der Waals surface area contributed by atoms with E-state index in [4.69, 9.17) is 0 Å². The summed E-state index contributed by atoms with van der Waals surface area (Å²) >= 11 is 1.79. The van der Waals surface area contributed by atoms with E-state index in [1.165, 1.54) is 16.5 Å². The highest BCUT2D eigenvalue weighted by Gasteiger charge is 2.05. The molecule has 108 valence electrons. The van der Waals surface area contributed by atoms with Crippen molar-refractivity contribution in [3.8, 4) is 0 Å². The summed E-state index contributed by atoms with van der Waals surface area (Å²) in [7, 11) is 2.02. The van der Waals surface area contributed by atoms with Crippen LogP contribution in [0, 0.1) is 12.7 Å². The lowest BCUT2D eigenvalue weighted by atomic mass is 10.2. The molecule has 0 bridgehead atoms. The van der Waals surface area contributed by atoms with Crippen LogP contribution >= 0.6 is 11.3 Å². The first-order valence-electron chi connectivity index (χ1n) is 6.82. The van der Waals surface area contributed by atoms with Crippen LogP contribution in [0.3, 0.4) is 0 Å². The minimum Gasteiger partial charge on any atom is -0.311 e. The number of rotatable bonds is 7. The third kappa shape index (κ3) is 4.40. The molecule has 1 heterocycles. The van der Waals surface area contributed by atoms with Gasteiger partial charge in [-0.15, -0.1) is 11.3 Å². The van der Waals surface area contributed by atoms with Crippen molar-refractivity contribution >= 4 is 11.3 Å². The summed E-state index contributed by atoms with van der Waals surface area (Å²) < 4.78 is 13.5. The molecule has 0 saturated carbocycles. The molecule has 0 amide bonds. The monoisotopic (exact) mass is 292 g/mol. The maximum absolute atomic E-state index is 13.5.